The van der Waals surface area contributed by atoms with E-state index in [9.17, 15) is 4.79 Å². The summed E-state index contributed by atoms with van der Waals surface area (Å²) in [7, 11) is 0. The third-order valence-electron chi connectivity index (χ3n) is 6.00. The molecular formula is C18H26N4O. The highest BCUT2D eigenvalue weighted by Crippen LogP contribution is 2.38. The summed E-state index contributed by atoms with van der Waals surface area (Å²) in [4.78, 5) is 25.8. The fourth-order valence-electron chi connectivity index (χ4n) is 4.64. The van der Waals surface area contributed by atoms with Crippen molar-refractivity contribution in [3.8, 4) is 0 Å². The van der Waals surface area contributed by atoms with Gasteiger partial charge < -0.3 is 9.80 Å². The lowest BCUT2D eigenvalue weighted by Crippen LogP contribution is -2.42. The van der Waals surface area contributed by atoms with Crippen LogP contribution in [0.1, 0.15) is 37.8 Å². The highest BCUT2D eigenvalue weighted by Gasteiger charge is 2.40. The molecule has 1 saturated carbocycles. The van der Waals surface area contributed by atoms with Crippen molar-refractivity contribution < 1.29 is 4.79 Å². The van der Waals surface area contributed by atoms with Crippen LogP contribution >= 0.6 is 0 Å². The summed E-state index contributed by atoms with van der Waals surface area (Å²) >= 11 is 0. The molecule has 1 aromatic heterocycles. The molecular weight excluding hydrogens is 288 g/mol. The number of likely N-dealkylation sites (tertiary alicyclic amines) is 1. The Bertz CT molecular complexity index is 570. The van der Waals surface area contributed by atoms with Gasteiger partial charge in [-0.1, -0.05) is 6.42 Å². The largest absolute Gasteiger partial charge is 0.356 e. The van der Waals surface area contributed by atoms with Gasteiger partial charge in [0.25, 0.3) is 0 Å². The van der Waals surface area contributed by atoms with Crippen LogP contribution < -0.4 is 4.90 Å². The first-order chi connectivity index (χ1) is 11.2. The molecule has 23 heavy (non-hydrogen) atoms. The van der Waals surface area contributed by atoms with E-state index in [1.807, 2.05) is 13.0 Å². The first kappa shape index (κ1) is 14.9. The molecule has 3 heterocycles. The van der Waals surface area contributed by atoms with Gasteiger partial charge >= 0.3 is 0 Å². The second kappa shape index (κ2) is 6.10. The van der Waals surface area contributed by atoms with E-state index in [0.29, 0.717) is 5.91 Å². The highest BCUT2D eigenvalue weighted by atomic mass is 16.2. The lowest BCUT2D eigenvalue weighted by molar-refractivity contribution is -0.135. The number of fused-ring (bicyclic) bond motifs is 1. The maximum absolute atomic E-state index is 12.8. The molecule has 4 rings (SSSR count). The molecule has 0 aromatic carbocycles. The number of aromatic nitrogens is 2. The summed E-state index contributed by atoms with van der Waals surface area (Å²) in [5.74, 6) is 3.22. The second-order valence-corrected chi connectivity index (χ2v) is 7.47. The zero-order valence-corrected chi connectivity index (χ0v) is 13.9. The molecule has 2 aliphatic heterocycles. The SMILES string of the molecule is Cc1cc(N2CCC(C(=O)N3CC4CCCC4C3)CC2)ncn1. The van der Waals surface area contributed by atoms with Gasteiger partial charge in [0.2, 0.25) is 5.91 Å². The Morgan fingerprint density at radius 3 is 2.43 bits per heavy atom. The van der Waals surface area contributed by atoms with E-state index < -0.39 is 0 Å². The van der Waals surface area contributed by atoms with Crippen molar-refractivity contribution in [2.45, 2.75) is 39.0 Å². The average Bonchev–Trinajstić information content (AvgIpc) is 3.16. The van der Waals surface area contributed by atoms with E-state index in [1.54, 1.807) is 6.33 Å². The molecule has 2 saturated heterocycles. The standard InChI is InChI=1S/C18H26N4O/c1-13-9-17(20-12-19-13)21-7-5-14(6-8-21)18(23)22-10-15-3-2-4-16(15)11-22/h9,12,14-16H,2-8,10-11H2,1H3. The minimum absolute atomic E-state index is 0.216. The Labute approximate surface area is 138 Å². The number of nitrogens with zero attached hydrogens (tertiary/aromatic N) is 4. The lowest BCUT2D eigenvalue weighted by Gasteiger charge is -2.34. The van der Waals surface area contributed by atoms with Gasteiger partial charge in [-0.15, -0.1) is 0 Å². The van der Waals surface area contributed by atoms with Gasteiger partial charge in [0.05, 0.1) is 0 Å². The molecule has 3 aliphatic rings. The van der Waals surface area contributed by atoms with Gasteiger partial charge in [-0.25, -0.2) is 9.97 Å². The van der Waals surface area contributed by atoms with Gasteiger partial charge in [0, 0.05) is 43.9 Å². The third kappa shape index (κ3) is 2.93. The number of rotatable bonds is 2. The number of carbonyl (C=O) groups excluding carboxylic acids is 1. The van der Waals surface area contributed by atoms with Crippen LogP contribution in [-0.4, -0.2) is 47.0 Å². The van der Waals surface area contributed by atoms with Gasteiger partial charge in [-0.05, 0) is 44.4 Å². The molecule has 5 heteroatoms. The van der Waals surface area contributed by atoms with Crippen molar-refractivity contribution in [2.24, 2.45) is 17.8 Å². The van der Waals surface area contributed by atoms with Crippen molar-refractivity contribution in [3.63, 3.8) is 0 Å². The molecule has 1 aromatic rings. The Morgan fingerprint density at radius 1 is 1.09 bits per heavy atom. The smallest absolute Gasteiger partial charge is 0.225 e. The van der Waals surface area contributed by atoms with Crippen LogP contribution in [0.3, 0.4) is 0 Å². The van der Waals surface area contributed by atoms with Crippen LogP contribution in [0.25, 0.3) is 0 Å². The fourth-order valence-corrected chi connectivity index (χ4v) is 4.64. The van der Waals surface area contributed by atoms with E-state index >= 15 is 0 Å². The second-order valence-electron chi connectivity index (χ2n) is 7.47. The molecule has 5 nitrogen and oxygen atoms in total. The topological polar surface area (TPSA) is 49.3 Å². The quantitative estimate of drug-likeness (QED) is 0.840. The molecule has 0 spiro atoms. The van der Waals surface area contributed by atoms with E-state index in [0.717, 1.165) is 62.4 Å². The molecule has 2 unspecified atom stereocenters. The molecule has 0 N–H and O–H groups in total. The molecule has 1 aliphatic carbocycles. The number of aryl methyl sites for hydroxylation is 1. The Balaban J connectivity index is 1.33. The van der Waals surface area contributed by atoms with Crippen molar-refractivity contribution in [2.75, 3.05) is 31.1 Å². The van der Waals surface area contributed by atoms with Gasteiger partial charge in [0.15, 0.2) is 0 Å². The van der Waals surface area contributed by atoms with Crippen LogP contribution in [0.2, 0.25) is 0 Å². The average molecular weight is 314 g/mol. The fraction of sp³-hybridized carbons (Fsp3) is 0.722. The van der Waals surface area contributed by atoms with Crippen molar-refractivity contribution in [3.05, 3.63) is 18.1 Å². The number of amides is 1. The summed E-state index contributed by atoms with van der Waals surface area (Å²) in [6, 6.07) is 2.03. The predicted molar refractivity (Wildman–Crippen MR) is 89.1 cm³/mol. The van der Waals surface area contributed by atoms with E-state index in [-0.39, 0.29) is 5.92 Å². The van der Waals surface area contributed by atoms with Crippen molar-refractivity contribution >= 4 is 11.7 Å². The summed E-state index contributed by atoms with van der Waals surface area (Å²) in [6.07, 6.45) is 7.57. The number of anilines is 1. The van der Waals surface area contributed by atoms with Crippen molar-refractivity contribution in [1.29, 1.82) is 0 Å². The van der Waals surface area contributed by atoms with Crippen molar-refractivity contribution in [1.82, 2.24) is 14.9 Å². The third-order valence-corrected chi connectivity index (χ3v) is 6.00. The Morgan fingerprint density at radius 2 is 1.78 bits per heavy atom. The first-order valence-corrected chi connectivity index (χ1v) is 9.03. The zero-order valence-electron chi connectivity index (χ0n) is 13.9. The monoisotopic (exact) mass is 314 g/mol. The maximum Gasteiger partial charge on any atom is 0.225 e. The number of carbonyl (C=O) groups is 1. The summed E-state index contributed by atoms with van der Waals surface area (Å²) in [5, 5.41) is 0. The summed E-state index contributed by atoms with van der Waals surface area (Å²) < 4.78 is 0. The normalized spacial score (nSPS) is 28.2. The number of piperidine rings is 1. The van der Waals surface area contributed by atoms with Crippen LogP contribution in [0.4, 0.5) is 5.82 Å². The van der Waals surface area contributed by atoms with Gasteiger partial charge in [-0.3, -0.25) is 4.79 Å². The molecule has 0 bridgehead atoms. The minimum Gasteiger partial charge on any atom is -0.356 e. The van der Waals surface area contributed by atoms with E-state index in [1.165, 1.54) is 19.3 Å². The lowest BCUT2D eigenvalue weighted by atomic mass is 9.95. The van der Waals surface area contributed by atoms with Crippen LogP contribution in [-0.2, 0) is 4.79 Å². The first-order valence-electron chi connectivity index (χ1n) is 9.03. The molecule has 124 valence electrons. The zero-order chi connectivity index (χ0) is 15.8. The van der Waals surface area contributed by atoms with Crippen LogP contribution in [0.5, 0.6) is 0 Å². The molecule has 2 atom stereocenters. The predicted octanol–water partition coefficient (Wildman–Crippen LogP) is 2.26. The Kier molecular flexibility index (Phi) is 3.95. The Hall–Kier alpha value is -1.65. The summed E-state index contributed by atoms with van der Waals surface area (Å²) in [5.41, 5.74) is 0.997. The maximum atomic E-state index is 12.8. The van der Waals surface area contributed by atoms with Gasteiger partial charge in [-0.2, -0.15) is 0 Å². The minimum atomic E-state index is 0.216. The van der Waals surface area contributed by atoms with Gasteiger partial charge in [0.1, 0.15) is 12.1 Å². The van der Waals surface area contributed by atoms with E-state index in [2.05, 4.69) is 19.8 Å². The highest BCUT2D eigenvalue weighted by molar-refractivity contribution is 5.79. The number of hydrogen-bond acceptors (Lipinski definition) is 4. The van der Waals surface area contributed by atoms with E-state index in [4.69, 9.17) is 0 Å². The molecule has 0 radical (unpaired) electrons. The van der Waals surface area contributed by atoms with Crippen LogP contribution in [0.15, 0.2) is 12.4 Å². The molecule has 3 fully saturated rings. The number of hydrogen-bond donors (Lipinski definition) is 0. The van der Waals surface area contributed by atoms with Crippen LogP contribution in [0, 0.1) is 24.7 Å². The molecule has 1 amide bonds. The summed E-state index contributed by atoms with van der Waals surface area (Å²) in [6.45, 7) is 5.89.